The van der Waals surface area contributed by atoms with E-state index in [9.17, 15) is 9.59 Å². The normalized spacial score (nSPS) is 16.7. The second kappa shape index (κ2) is 8.83. The molecule has 1 amide bonds. The summed E-state index contributed by atoms with van der Waals surface area (Å²) >= 11 is 2.87. The molecule has 1 fully saturated rings. The first-order chi connectivity index (χ1) is 14.1. The van der Waals surface area contributed by atoms with Gasteiger partial charge < -0.3 is 15.0 Å². The van der Waals surface area contributed by atoms with Gasteiger partial charge in [0.25, 0.3) is 0 Å². The van der Waals surface area contributed by atoms with Gasteiger partial charge in [-0.3, -0.25) is 9.59 Å². The van der Waals surface area contributed by atoms with Crippen LogP contribution in [0.3, 0.4) is 0 Å². The molecule has 0 radical (unpaired) electrons. The summed E-state index contributed by atoms with van der Waals surface area (Å²) in [7, 11) is 0. The van der Waals surface area contributed by atoms with Crippen molar-refractivity contribution < 1.29 is 14.3 Å². The Labute approximate surface area is 175 Å². The zero-order valence-corrected chi connectivity index (χ0v) is 17.6. The molecule has 1 saturated heterocycles. The second-order valence-electron chi connectivity index (χ2n) is 6.72. The number of rotatable bonds is 6. The number of hydrogen-bond donors (Lipinski definition) is 1. The molecule has 0 aliphatic carbocycles. The van der Waals surface area contributed by atoms with E-state index in [-0.39, 0.29) is 24.2 Å². The number of aromatic nitrogens is 3. The number of carbonyl (C=O) groups excluding carboxylic acids is 2. The van der Waals surface area contributed by atoms with E-state index in [1.807, 2.05) is 12.1 Å². The summed E-state index contributed by atoms with van der Waals surface area (Å²) in [5.74, 6) is -0.504. The number of esters is 1. The van der Waals surface area contributed by atoms with Crippen LogP contribution in [0.2, 0.25) is 0 Å². The maximum absolute atomic E-state index is 12.8. The Balaban J connectivity index is 1.37. The molecule has 0 spiro atoms. The summed E-state index contributed by atoms with van der Waals surface area (Å²) in [6, 6.07) is 3.83. The second-order valence-corrected chi connectivity index (χ2v) is 8.54. The fourth-order valence-electron chi connectivity index (χ4n) is 3.27. The van der Waals surface area contributed by atoms with Crippen molar-refractivity contribution in [1.29, 1.82) is 0 Å². The SMILES string of the molecule is CCOC(=O)Cc1csc(NC(=O)[C@@H]2CCCN(c3nc4cccnc4s3)C2)n1. The van der Waals surface area contributed by atoms with Crippen LogP contribution in [0.25, 0.3) is 10.3 Å². The van der Waals surface area contributed by atoms with Gasteiger partial charge in [-0.1, -0.05) is 11.3 Å². The molecule has 1 atom stereocenters. The summed E-state index contributed by atoms with van der Waals surface area (Å²) < 4.78 is 4.93. The number of amides is 1. The van der Waals surface area contributed by atoms with Gasteiger partial charge in [-0.15, -0.1) is 11.3 Å². The number of piperidine rings is 1. The molecule has 29 heavy (non-hydrogen) atoms. The molecule has 1 aliphatic heterocycles. The van der Waals surface area contributed by atoms with E-state index in [1.165, 1.54) is 11.3 Å². The third-order valence-corrected chi connectivity index (χ3v) is 6.48. The van der Waals surface area contributed by atoms with E-state index < -0.39 is 0 Å². The number of nitrogens with one attached hydrogen (secondary N) is 1. The summed E-state index contributed by atoms with van der Waals surface area (Å²) in [5, 5.41) is 6.08. The lowest BCUT2D eigenvalue weighted by Gasteiger charge is -2.31. The van der Waals surface area contributed by atoms with Crippen LogP contribution in [0.4, 0.5) is 10.3 Å². The average molecular weight is 432 g/mol. The van der Waals surface area contributed by atoms with E-state index in [0.717, 1.165) is 34.9 Å². The van der Waals surface area contributed by atoms with E-state index in [0.29, 0.717) is 24.0 Å². The first-order valence-electron chi connectivity index (χ1n) is 9.49. The van der Waals surface area contributed by atoms with E-state index >= 15 is 0 Å². The highest BCUT2D eigenvalue weighted by atomic mass is 32.1. The third-order valence-electron chi connectivity index (χ3n) is 4.63. The molecular weight excluding hydrogens is 410 g/mol. The number of nitrogens with zero attached hydrogens (tertiary/aromatic N) is 4. The van der Waals surface area contributed by atoms with E-state index in [2.05, 4.69) is 25.2 Å². The molecule has 4 heterocycles. The van der Waals surface area contributed by atoms with Crippen molar-refractivity contribution >= 4 is 55.2 Å². The minimum absolute atomic E-state index is 0.0500. The standard InChI is InChI=1S/C19H21N5O3S2/c1-2-27-15(25)9-13-11-28-18(21-13)23-16(26)12-5-4-8-24(10-12)19-22-14-6-3-7-20-17(14)29-19/h3,6-7,11-12H,2,4-5,8-10H2,1H3,(H,21,23,26)/t12-/m1/s1. The van der Waals surface area contributed by atoms with Crippen LogP contribution >= 0.6 is 22.7 Å². The molecular formula is C19H21N5O3S2. The maximum atomic E-state index is 12.8. The maximum Gasteiger partial charge on any atom is 0.311 e. The Kier molecular flexibility index (Phi) is 6.00. The minimum atomic E-state index is -0.316. The van der Waals surface area contributed by atoms with Crippen LogP contribution < -0.4 is 10.2 Å². The Hall–Kier alpha value is -2.59. The van der Waals surface area contributed by atoms with Crippen LogP contribution in [0.15, 0.2) is 23.7 Å². The van der Waals surface area contributed by atoms with Gasteiger partial charge in [0.1, 0.15) is 10.3 Å². The van der Waals surface area contributed by atoms with E-state index in [1.54, 1.807) is 29.8 Å². The molecule has 152 valence electrons. The van der Waals surface area contributed by atoms with Gasteiger partial charge >= 0.3 is 5.97 Å². The first kappa shape index (κ1) is 19.7. The molecule has 1 aliphatic rings. The molecule has 3 aromatic heterocycles. The Bertz CT molecular complexity index is 985. The van der Waals surface area contributed by atoms with Crippen LogP contribution in [0.5, 0.6) is 0 Å². The predicted molar refractivity (Wildman–Crippen MR) is 113 cm³/mol. The third kappa shape index (κ3) is 4.70. The zero-order valence-electron chi connectivity index (χ0n) is 16.0. The van der Waals surface area contributed by atoms with Crippen molar-refractivity contribution in [2.24, 2.45) is 5.92 Å². The van der Waals surface area contributed by atoms with Crippen molar-refractivity contribution in [3.05, 3.63) is 29.4 Å². The van der Waals surface area contributed by atoms with Crippen LogP contribution in [-0.4, -0.2) is 46.5 Å². The first-order valence-corrected chi connectivity index (χ1v) is 11.2. The number of anilines is 2. The highest BCUT2D eigenvalue weighted by Gasteiger charge is 2.28. The van der Waals surface area contributed by atoms with Gasteiger partial charge in [-0.25, -0.2) is 15.0 Å². The summed E-state index contributed by atoms with van der Waals surface area (Å²) in [6.07, 6.45) is 3.63. The Morgan fingerprint density at radius 3 is 3.10 bits per heavy atom. The molecule has 4 rings (SSSR count). The molecule has 0 bridgehead atoms. The Morgan fingerprint density at radius 1 is 1.38 bits per heavy atom. The highest BCUT2D eigenvalue weighted by molar-refractivity contribution is 7.21. The number of thiazole rings is 2. The lowest BCUT2D eigenvalue weighted by atomic mass is 9.97. The lowest BCUT2D eigenvalue weighted by Crippen LogP contribution is -2.40. The van der Waals surface area contributed by atoms with Crippen molar-refractivity contribution in [1.82, 2.24) is 15.0 Å². The van der Waals surface area contributed by atoms with Gasteiger partial charge in [0.15, 0.2) is 10.3 Å². The molecule has 1 N–H and O–H groups in total. The molecule has 8 nitrogen and oxygen atoms in total. The topological polar surface area (TPSA) is 97.3 Å². The van der Waals surface area contributed by atoms with Crippen molar-refractivity contribution in [2.45, 2.75) is 26.2 Å². The van der Waals surface area contributed by atoms with Crippen molar-refractivity contribution in [2.75, 3.05) is 29.9 Å². The number of ether oxygens (including phenoxy) is 1. The van der Waals surface area contributed by atoms with Gasteiger partial charge in [0.05, 0.1) is 24.6 Å². The molecule has 0 unspecified atom stereocenters. The molecule has 0 saturated carbocycles. The summed E-state index contributed by atoms with van der Waals surface area (Å²) in [5.41, 5.74) is 1.49. The number of fused-ring (bicyclic) bond motifs is 1. The van der Waals surface area contributed by atoms with Crippen molar-refractivity contribution in [3.63, 3.8) is 0 Å². The fraction of sp³-hybridized carbons (Fsp3) is 0.421. The van der Waals surface area contributed by atoms with E-state index in [4.69, 9.17) is 4.74 Å². The molecule has 10 heteroatoms. The highest BCUT2D eigenvalue weighted by Crippen LogP contribution is 2.30. The quantitative estimate of drug-likeness (QED) is 0.599. The van der Waals surface area contributed by atoms with Gasteiger partial charge in [0.2, 0.25) is 5.91 Å². The zero-order chi connectivity index (χ0) is 20.2. The average Bonchev–Trinajstić information content (AvgIpc) is 3.35. The largest absolute Gasteiger partial charge is 0.466 e. The monoisotopic (exact) mass is 431 g/mol. The molecule has 0 aromatic carbocycles. The predicted octanol–water partition coefficient (Wildman–Crippen LogP) is 3.11. The van der Waals surface area contributed by atoms with Crippen LogP contribution in [-0.2, 0) is 20.7 Å². The van der Waals surface area contributed by atoms with Gasteiger partial charge in [-0.2, -0.15) is 0 Å². The summed E-state index contributed by atoms with van der Waals surface area (Å²) in [4.78, 5) is 40.7. The lowest BCUT2D eigenvalue weighted by molar-refractivity contribution is -0.142. The fourth-order valence-corrected chi connectivity index (χ4v) is 4.93. The number of pyridine rings is 1. The summed E-state index contributed by atoms with van der Waals surface area (Å²) in [6.45, 7) is 3.61. The number of hydrogen-bond acceptors (Lipinski definition) is 9. The minimum Gasteiger partial charge on any atom is -0.466 e. The van der Waals surface area contributed by atoms with Crippen LogP contribution in [0, 0.1) is 5.92 Å². The number of carbonyl (C=O) groups is 2. The van der Waals surface area contributed by atoms with Gasteiger partial charge in [0, 0.05) is 24.7 Å². The van der Waals surface area contributed by atoms with Crippen LogP contribution in [0.1, 0.15) is 25.5 Å². The van der Waals surface area contributed by atoms with Gasteiger partial charge in [-0.05, 0) is 31.9 Å². The smallest absolute Gasteiger partial charge is 0.311 e. The Morgan fingerprint density at radius 2 is 2.28 bits per heavy atom. The van der Waals surface area contributed by atoms with Crippen molar-refractivity contribution in [3.8, 4) is 0 Å². The molecule has 3 aromatic rings.